The lowest BCUT2D eigenvalue weighted by Gasteiger charge is -2.12. The van der Waals surface area contributed by atoms with Crippen molar-refractivity contribution in [1.29, 1.82) is 0 Å². The Morgan fingerprint density at radius 2 is 1.24 bits per heavy atom. The van der Waals surface area contributed by atoms with E-state index in [0.717, 1.165) is 36.8 Å². The number of allylic oxidation sites excluding steroid dienone is 12. The van der Waals surface area contributed by atoms with E-state index in [9.17, 15) is 33.6 Å². The maximum absolute atomic E-state index is 11.4. The van der Waals surface area contributed by atoms with Crippen LogP contribution >= 0.6 is 0 Å². The predicted octanol–water partition coefficient (Wildman–Crippen LogP) is 4.89. The van der Waals surface area contributed by atoms with Crippen molar-refractivity contribution in [3.63, 3.8) is 0 Å². The smallest absolute Gasteiger partial charge is 0.333 e. The monoisotopic (exact) mass is 624 g/mol. The number of aliphatic carboxylic acids is 1. The number of rotatable bonds is 10. The summed E-state index contributed by atoms with van der Waals surface area (Å²) in [6, 6.07) is 0. The van der Waals surface area contributed by atoms with Crippen LogP contribution in [0.2, 0.25) is 0 Å². The van der Waals surface area contributed by atoms with Crippen LogP contribution < -0.4 is 0 Å². The van der Waals surface area contributed by atoms with Gasteiger partial charge in [-0.2, -0.15) is 0 Å². The number of carboxylic acids is 1. The van der Waals surface area contributed by atoms with Crippen LogP contribution in [0.1, 0.15) is 90.4 Å². The normalized spacial score (nSPS) is 17.3. The third-order valence-electron chi connectivity index (χ3n) is 6.48. The molecule has 0 bridgehead atoms. The van der Waals surface area contributed by atoms with Crippen LogP contribution in [0.3, 0.4) is 0 Å². The van der Waals surface area contributed by atoms with Gasteiger partial charge < -0.3 is 14.8 Å². The minimum atomic E-state index is -0.711. The van der Waals surface area contributed by atoms with Crippen molar-refractivity contribution >= 4 is 41.5 Å². The van der Waals surface area contributed by atoms with Crippen LogP contribution in [0.25, 0.3) is 0 Å². The van der Waals surface area contributed by atoms with Crippen LogP contribution in [-0.4, -0.2) is 56.8 Å². The number of hydroxylamine groups is 4. The van der Waals surface area contributed by atoms with Gasteiger partial charge >= 0.3 is 17.9 Å². The van der Waals surface area contributed by atoms with E-state index in [2.05, 4.69) is 24.3 Å². The molecule has 2 heterocycles. The lowest BCUT2D eigenvalue weighted by atomic mass is 10.1. The molecule has 0 aromatic carbocycles. The Morgan fingerprint density at radius 1 is 0.711 bits per heavy atom. The van der Waals surface area contributed by atoms with Gasteiger partial charge in [-0.15, -0.1) is 10.1 Å². The van der Waals surface area contributed by atoms with Crippen molar-refractivity contribution in [1.82, 2.24) is 10.1 Å². The minimum Gasteiger partial charge on any atom is -0.481 e. The molecule has 45 heavy (non-hydrogen) atoms. The van der Waals surface area contributed by atoms with Crippen molar-refractivity contribution in [3.05, 3.63) is 71.9 Å². The number of hydrogen-bond donors (Lipinski definition) is 1. The van der Waals surface area contributed by atoms with Crippen molar-refractivity contribution in [2.75, 3.05) is 0 Å². The molecule has 0 saturated carbocycles. The molecule has 2 fully saturated rings. The fourth-order valence-electron chi connectivity index (χ4n) is 4.10. The number of imide groups is 2. The van der Waals surface area contributed by atoms with Gasteiger partial charge in [0, 0.05) is 32.1 Å². The molecule has 1 N–H and O–H groups in total. The molecule has 0 unspecified atom stereocenters. The number of amides is 4. The first-order valence-electron chi connectivity index (χ1n) is 15.0. The standard InChI is InChI=1S/2C12H13NO4.C5H6.C4H8O2/c2*14-10-6-7-11(15)13(10)17-12(16)8-5-9-3-1-2-4-9;1-2-4-5-3-1;1-2-3-4(5)6/h1,3-4H,2,5-8H2;1-3H,4-8H2;1-4H,5H2;2-3H2,1H3,(H,5,6). The summed E-state index contributed by atoms with van der Waals surface area (Å²) in [5.41, 5.74) is 2.24. The number of carbonyl (C=O) groups is 7. The molecule has 0 aromatic rings. The molecule has 2 saturated heterocycles. The summed E-state index contributed by atoms with van der Waals surface area (Å²) in [5, 5.41) is 9.08. The largest absolute Gasteiger partial charge is 0.481 e. The Kier molecular flexibility index (Phi) is 16.3. The SMILES string of the molecule is C1=CCC=C1.CCCC(=O)O.O=C(CCC1=CC=CC1)ON1C(=O)CCC1=O.O=C(CCC1=CCC=C1)ON1C(=O)CCC1=O. The average molecular weight is 625 g/mol. The highest BCUT2D eigenvalue weighted by Crippen LogP contribution is 2.19. The number of carbonyl (C=O) groups excluding carboxylic acids is 6. The van der Waals surface area contributed by atoms with E-state index >= 15 is 0 Å². The van der Waals surface area contributed by atoms with Gasteiger partial charge in [-0.05, 0) is 38.5 Å². The maximum Gasteiger partial charge on any atom is 0.333 e. The van der Waals surface area contributed by atoms with Gasteiger partial charge in [0.25, 0.3) is 23.6 Å². The molecule has 12 nitrogen and oxygen atoms in total. The third-order valence-corrected chi connectivity index (χ3v) is 6.48. The first kappa shape index (κ1) is 36.3. The van der Waals surface area contributed by atoms with Crippen LogP contribution in [0.15, 0.2) is 71.9 Å². The van der Waals surface area contributed by atoms with Gasteiger partial charge in [0.2, 0.25) is 0 Å². The van der Waals surface area contributed by atoms with Crippen molar-refractivity contribution in [2.45, 2.75) is 90.4 Å². The van der Waals surface area contributed by atoms with Gasteiger partial charge in [0.15, 0.2) is 0 Å². The lowest BCUT2D eigenvalue weighted by Crippen LogP contribution is -2.31. The molecule has 4 amide bonds. The Hall–Kier alpha value is -4.87. The Labute approximate surface area is 262 Å². The van der Waals surface area contributed by atoms with Gasteiger partial charge in [-0.25, -0.2) is 9.59 Å². The topological polar surface area (TPSA) is 165 Å². The lowest BCUT2D eigenvalue weighted by molar-refractivity contribution is -0.197. The summed E-state index contributed by atoms with van der Waals surface area (Å²) in [6.07, 6.45) is 26.2. The first-order chi connectivity index (χ1) is 21.6. The van der Waals surface area contributed by atoms with Crippen molar-refractivity contribution < 1.29 is 48.3 Å². The van der Waals surface area contributed by atoms with Gasteiger partial charge in [0.05, 0.1) is 12.8 Å². The van der Waals surface area contributed by atoms with Crippen molar-refractivity contribution in [2.24, 2.45) is 0 Å². The van der Waals surface area contributed by atoms with E-state index in [1.807, 2.05) is 43.4 Å². The highest BCUT2D eigenvalue weighted by atomic mass is 16.7. The average Bonchev–Trinajstić information content (AvgIpc) is 3.86. The Balaban J connectivity index is 0.000000236. The molecule has 0 radical (unpaired) electrons. The van der Waals surface area contributed by atoms with Crippen LogP contribution in [0, 0.1) is 0 Å². The molecular formula is C33H40N2O10. The van der Waals surface area contributed by atoms with E-state index in [-0.39, 0.29) is 38.5 Å². The Bertz CT molecular complexity index is 1260. The molecule has 3 aliphatic carbocycles. The van der Waals surface area contributed by atoms with E-state index in [0.29, 0.717) is 29.4 Å². The molecule has 0 spiro atoms. The fraction of sp³-hybridized carbons (Fsp3) is 0.424. The zero-order valence-electron chi connectivity index (χ0n) is 25.5. The molecule has 5 aliphatic rings. The first-order valence-corrected chi connectivity index (χ1v) is 15.0. The summed E-state index contributed by atoms with van der Waals surface area (Å²) in [4.78, 5) is 86.7. The maximum atomic E-state index is 11.4. The fourth-order valence-corrected chi connectivity index (χ4v) is 4.10. The van der Waals surface area contributed by atoms with Crippen LogP contribution in [-0.2, 0) is 43.2 Å². The molecule has 5 rings (SSSR count). The molecule has 0 atom stereocenters. The van der Waals surface area contributed by atoms with E-state index in [4.69, 9.17) is 14.8 Å². The zero-order valence-corrected chi connectivity index (χ0v) is 25.5. The summed E-state index contributed by atoms with van der Waals surface area (Å²) < 4.78 is 0. The summed E-state index contributed by atoms with van der Waals surface area (Å²) in [6.45, 7) is 1.84. The number of carboxylic acid groups (broad SMARTS) is 1. The Morgan fingerprint density at radius 3 is 1.60 bits per heavy atom. The second kappa shape index (κ2) is 20.2. The molecule has 2 aliphatic heterocycles. The van der Waals surface area contributed by atoms with Gasteiger partial charge in [0.1, 0.15) is 0 Å². The number of nitrogens with zero attached hydrogens (tertiary/aromatic N) is 2. The summed E-state index contributed by atoms with van der Waals surface area (Å²) >= 11 is 0. The second-order valence-electron chi connectivity index (χ2n) is 10.2. The predicted molar refractivity (Wildman–Crippen MR) is 162 cm³/mol. The van der Waals surface area contributed by atoms with Crippen molar-refractivity contribution in [3.8, 4) is 0 Å². The highest BCUT2D eigenvalue weighted by Gasteiger charge is 2.33. The van der Waals surface area contributed by atoms with Gasteiger partial charge in [-0.3, -0.25) is 24.0 Å². The van der Waals surface area contributed by atoms with E-state index in [1.54, 1.807) is 0 Å². The molecule has 12 heteroatoms. The van der Waals surface area contributed by atoms with E-state index < -0.39 is 41.5 Å². The minimum absolute atomic E-state index is 0.125. The molecule has 0 aromatic heterocycles. The second-order valence-corrected chi connectivity index (χ2v) is 10.2. The molecular weight excluding hydrogens is 584 g/mol. The van der Waals surface area contributed by atoms with Gasteiger partial charge in [-0.1, -0.05) is 78.8 Å². The van der Waals surface area contributed by atoms with E-state index in [1.165, 1.54) is 0 Å². The third kappa shape index (κ3) is 14.4. The summed E-state index contributed by atoms with van der Waals surface area (Å²) in [5.74, 6) is -3.56. The number of hydrogen-bond acceptors (Lipinski definition) is 9. The quantitative estimate of drug-likeness (QED) is 0.331. The van der Waals surface area contributed by atoms with Crippen LogP contribution in [0.4, 0.5) is 0 Å². The van der Waals surface area contributed by atoms with Crippen LogP contribution in [0.5, 0.6) is 0 Å². The molecule has 242 valence electrons. The zero-order chi connectivity index (χ0) is 33.0. The highest BCUT2D eigenvalue weighted by molar-refractivity contribution is 6.02. The summed E-state index contributed by atoms with van der Waals surface area (Å²) in [7, 11) is 0.